The zero-order valence-corrected chi connectivity index (χ0v) is 17.7. The third-order valence-electron chi connectivity index (χ3n) is 5.19. The lowest BCUT2D eigenvalue weighted by Gasteiger charge is -2.36. The molecular formula is C22H32FN3O3. The Morgan fingerprint density at radius 2 is 1.69 bits per heavy atom. The van der Waals surface area contributed by atoms with Crippen molar-refractivity contribution in [3.63, 3.8) is 0 Å². The van der Waals surface area contributed by atoms with Crippen LogP contribution in [0, 0.1) is 23.6 Å². The van der Waals surface area contributed by atoms with Crippen LogP contribution >= 0.6 is 0 Å². The zero-order chi connectivity index (χ0) is 21.6. The second-order valence-electron chi connectivity index (χ2n) is 8.39. The van der Waals surface area contributed by atoms with Crippen LogP contribution in [0.2, 0.25) is 0 Å². The van der Waals surface area contributed by atoms with Crippen LogP contribution in [-0.2, 0) is 9.59 Å². The van der Waals surface area contributed by atoms with Crippen LogP contribution < -0.4 is 10.6 Å². The van der Waals surface area contributed by atoms with E-state index in [2.05, 4.69) is 10.6 Å². The summed E-state index contributed by atoms with van der Waals surface area (Å²) in [4.78, 5) is 39.2. The zero-order valence-electron chi connectivity index (χ0n) is 17.7. The molecule has 1 atom stereocenters. The predicted octanol–water partition coefficient (Wildman–Crippen LogP) is 2.59. The number of halogens is 1. The van der Waals surface area contributed by atoms with Crippen LogP contribution in [0.1, 0.15) is 50.9 Å². The van der Waals surface area contributed by atoms with Crippen LogP contribution in [0.5, 0.6) is 0 Å². The standard InChI is InChI=1S/C22H32FN3O3/c1-14(2)13-24-21(28)19(25-20(27)15(3)4)16-9-11-26(12-10-16)22(29)17-7-5-6-8-18(17)23/h5-8,14-16,19H,9-13H2,1-4H3,(H,24,28)(H,25,27). The molecule has 29 heavy (non-hydrogen) atoms. The lowest BCUT2D eigenvalue weighted by Crippen LogP contribution is -2.54. The summed E-state index contributed by atoms with van der Waals surface area (Å²) < 4.78 is 13.9. The van der Waals surface area contributed by atoms with Crippen molar-refractivity contribution in [2.24, 2.45) is 17.8 Å². The van der Waals surface area contributed by atoms with Crippen molar-refractivity contribution < 1.29 is 18.8 Å². The molecular weight excluding hydrogens is 373 g/mol. The molecule has 7 heteroatoms. The summed E-state index contributed by atoms with van der Waals surface area (Å²) in [5, 5.41) is 5.79. The van der Waals surface area contributed by atoms with E-state index < -0.39 is 11.9 Å². The summed E-state index contributed by atoms with van der Waals surface area (Å²) >= 11 is 0. The minimum Gasteiger partial charge on any atom is -0.354 e. The SMILES string of the molecule is CC(C)CNC(=O)C(NC(=O)C(C)C)C1CCN(C(=O)c2ccccc2F)CC1. The molecule has 1 aromatic rings. The Morgan fingerprint density at radius 3 is 2.24 bits per heavy atom. The maximum atomic E-state index is 13.9. The minimum absolute atomic E-state index is 0.0605. The van der Waals surface area contributed by atoms with Crippen molar-refractivity contribution in [3.8, 4) is 0 Å². The average molecular weight is 406 g/mol. The fourth-order valence-corrected chi connectivity index (χ4v) is 3.37. The number of carbonyl (C=O) groups is 3. The quantitative estimate of drug-likeness (QED) is 0.732. The van der Waals surface area contributed by atoms with Crippen molar-refractivity contribution >= 4 is 17.7 Å². The number of nitrogens with zero attached hydrogens (tertiary/aromatic N) is 1. The van der Waals surface area contributed by atoms with E-state index in [0.29, 0.717) is 38.4 Å². The van der Waals surface area contributed by atoms with E-state index in [1.54, 1.807) is 30.9 Å². The van der Waals surface area contributed by atoms with Crippen LogP contribution in [-0.4, -0.2) is 48.3 Å². The average Bonchev–Trinajstić information content (AvgIpc) is 2.70. The molecule has 1 heterocycles. The molecule has 0 aliphatic carbocycles. The minimum atomic E-state index is -0.630. The summed E-state index contributed by atoms with van der Waals surface area (Å²) in [5.41, 5.74) is 0.0605. The van der Waals surface area contributed by atoms with Gasteiger partial charge in [0.2, 0.25) is 11.8 Å². The summed E-state index contributed by atoms with van der Waals surface area (Å²) in [6, 6.07) is 5.32. The number of rotatable bonds is 7. The third-order valence-corrected chi connectivity index (χ3v) is 5.19. The Bertz CT molecular complexity index is 728. The van der Waals surface area contributed by atoms with Gasteiger partial charge in [-0.1, -0.05) is 39.8 Å². The van der Waals surface area contributed by atoms with E-state index in [1.165, 1.54) is 12.1 Å². The van der Waals surface area contributed by atoms with Crippen molar-refractivity contribution in [2.45, 2.75) is 46.6 Å². The van der Waals surface area contributed by atoms with Gasteiger partial charge in [0.25, 0.3) is 5.91 Å². The number of carbonyl (C=O) groups excluding carboxylic acids is 3. The molecule has 1 aliphatic heterocycles. The van der Waals surface area contributed by atoms with E-state index in [-0.39, 0.29) is 35.1 Å². The molecule has 3 amide bonds. The highest BCUT2D eigenvalue weighted by molar-refractivity contribution is 5.94. The molecule has 0 saturated carbocycles. The van der Waals surface area contributed by atoms with Gasteiger partial charge in [-0.25, -0.2) is 4.39 Å². The van der Waals surface area contributed by atoms with E-state index in [9.17, 15) is 18.8 Å². The van der Waals surface area contributed by atoms with Gasteiger partial charge in [0, 0.05) is 25.6 Å². The molecule has 2 N–H and O–H groups in total. The molecule has 1 aliphatic rings. The van der Waals surface area contributed by atoms with Gasteiger partial charge >= 0.3 is 0 Å². The van der Waals surface area contributed by atoms with E-state index in [1.807, 2.05) is 13.8 Å². The first-order valence-electron chi connectivity index (χ1n) is 10.3. The summed E-state index contributed by atoms with van der Waals surface area (Å²) in [7, 11) is 0. The van der Waals surface area contributed by atoms with Crippen molar-refractivity contribution in [1.29, 1.82) is 0 Å². The van der Waals surface area contributed by atoms with Gasteiger partial charge in [-0.3, -0.25) is 14.4 Å². The largest absolute Gasteiger partial charge is 0.354 e. The van der Waals surface area contributed by atoms with E-state index in [4.69, 9.17) is 0 Å². The van der Waals surface area contributed by atoms with Gasteiger partial charge in [0.05, 0.1) is 5.56 Å². The first-order chi connectivity index (χ1) is 13.7. The fraction of sp³-hybridized carbons (Fsp3) is 0.591. The molecule has 0 radical (unpaired) electrons. The van der Waals surface area contributed by atoms with Crippen LogP contribution in [0.4, 0.5) is 4.39 Å². The molecule has 6 nitrogen and oxygen atoms in total. The third kappa shape index (κ3) is 6.27. The highest BCUT2D eigenvalue weighted by Gasteiger charge is 2.34. The van der Waals surface area contributed by atoms with Crippen molar-refractivity contribution in [1.82, 2.24) is 15.5 Å². The number of nitrogens with one attached hydrogen (secondary N) is 2. The molecule has 0 bridgehead atoms. The summed E-state index contributed by atoms with van der Waals surface area (Å²) in [5.74, 6) is -1.22. The monoisotopic (exact) mass is 405 g/mol. The van der Waals surface area contributed by atoms with Gasteiger partial charge in [-0.2, -0.15) is 0 Å². The highest BCUT2D eigenvalue weighted by Crippen LogP contribution is 2.23. The fourth-order valence-electron chi connectivity index (χ4n) is 3.37. The van der Waals surface area contributed by atoms with E-state index >= 15 is 0 Å². The molecule has 1 saturated heterocycles. The lowest BCUT2D eigenvalue weighted by atomic mass is 9.88. The van der Waals surface area contributed by atoms with Gasteiger partial charge in [0.15, 0.2) is 0 Å². The summed E-state index contributed by atoms with van der Waals surface area (Å²) in [6.07, 6.45) is 1.14. The number of hydrogen-bond acceptors (Lipinski definition) is 3. The Labute approximate surface area is 172 Å². The molecule has 1 fully saturated rings. The topological polar surface area (TPSA) is 78.5 Å². The molecule has 2 rings (SSSR count). The maximum absolute atomic E-state index is 13.9. The van der Waals surface area contributed by atoms with E-state index in [0.717, 1.165) is 0 Å². The normalized spacial score (nSPS) is 16.0. The van der Waals surface area contributed by atoms with Crippen molar-refractivity contribution in [3.05, 3.63) is 35.6 Å². The van der Waals surface area contributed by atoms with Gasteiger partial charge < -0.3 is 15.5 Å². The number of benzene rings is 1. The predicted molar refractivity (Wildman–Crippen MR) is 110 cm³/mol. The number of likely N-dealkylation sites (tertiary alicyclic amines) is 1. The second kappa shape index (κ2) is 10.4. The number of hydrogen-bond donors (Lipinski definition) is 2. The number of piperidine rings is 1. The Morgan fingerprint density at radius 1 is 1.07 bits per heavy atom. The Kier molecular flexibility index (Phi) is 8.17. The van der Waals surface area contributed by atoms with Crippen LogP contribution in [0.3, 0.4) is 0 Å². The Balaban J connectivity index is 2.04. The maximum Gasteiger partial charge on any atom is 0.256 e. The lowest BCUT2D eigenvalue weighted by molar-refractivity contribution is -0.132. The van der Waals surface area contributed by atoms with Crippen LogP contribution in [0.25, 0.3) is 0 Å². The first-order valence-corrected chi connectivity index (χ1v) is 10.3. The van der Waals surface area contributed by atoms with Crippen LogP contribution in [0.15, 0.2) is 24.3 Å². The first kappa shape index (κ1) is 22.8. The second-order valence-corrected chi connectivity index (χ2v) is 8.39. The highest BCUT2D eigenvalue weighted by atomic mass is 19.1. The smallest absolute Gasteiger partial charge is 0.256 e. The van der Waals surface area contributed by atoms with Gasteiger partial charge in [-0.15, -0.1) is 0 Å². The molecule has 1 aromatic carbocycles. The molecule has 0 spiro atoms. The van der Waals surface area contributed by atoms with Gasteiger partial charge in [-0.05, 0) is 36.8 Å². The Hall–Kier alpha value is -2.44. The summed E-state index contributed by atoms with van der Waals surface area (Å²) in [6.45, 7) is 8.97. The molecule has 0 aromatic heterocycles. The molecule has 160 valence electrons. The number of amides is 3. The van der Waals surface area contributed by atoms with Gasteiger partial charge in [0.1, 0.15) is 11.9 Å². The molecule has 1 unspecified atom stereocenters. The van der Waals surface area contributed by atoms with Crippen molar-refractivity contribution in [2.75, 3.05) is 19.6 Å².